The zero-order chi connectivity index (χ0) is 16.2. The number of hydrogen-bond donors (Lipinski definition) is 1. The van der Waals surface area contributed by atoms with Gasteiger partial charge in [-0.1, -0.05) is 49.7 Å². The van der Waals surface area contributed by atoms with E-state index in [-0.39, 0.29) is 6.61 Å². The molecule has 118 valence electrons. The second-order valence-electron chi connectivity index (χ2n) is 6.24. The highest BCUT2D eigenvalue weighted by atomic mass is 35.5. The van der Waals surface area contributed by atoms with Crippen molar-refractivity contribution in [3.8, 4) is 5.75 Å². The molecule has 0 saturated heterocycles. The van der Waals surface area contributed by atoms with Crippen LogP contribution in [0.3, 0.4) is 0 Å². The summed E-state index contributed by atoms with van der Waals surface area (Å²) in [6.45, 7) is 6.18. The molecule has 0 fully saturated rings. The molecule has 0 radical (unpaired) electrons. The fourth-order valence-electron chi connectivity index (χ4n) is 2.36. The van der Waals surface area contributed by atoms with E-state index in [0.717, 1.165) is 11.3 Å². The minimum atomic E-state index is -0.660. The summed E-state index contributed by atoms with van der Waals surface area (Å²) in [4.78, 5) is 0. The van der Waals surface area contributed by atoms with Gasteiger partial charge in [0.2, 0.25) is 0 Å². The highest BCUT2D eigenvalue weighted by Gasteiger charge is 2.26. The molecule has 0 aliphatic heterocycles. The summed E-state index contributed by atoms with van der Waals surface area (Å²) in [6.07, 6.45) is 0.618. The zero-order valence-corrected chi connectivity index (χ0v) is 14.1. The minimum Gasteiger partial charge on any atom is -0.485 e. The molecule has 0 amide bonds. The molecule has 0 aliphatic carbocycles. The number of aliphatic hydroxyl groups excluding tert-OH is 1. The standard InChI is InChI=1S/C19H23ClO2/c1-14(2)16-6-10-18(11-7-16)22-19(3,13-21)12-15-4-8-17(20)9-5-15/h4-11,14,21H,12-13H2,1-3H3/t19-/m1/s1. The maximum atomic E-state index is 9.75. The van der Waals surface area contributed by atoms with Gasteiger partial charge in [-0.05, 0) is 48.2 Å². The van der Waals surface area contributed by atoms with Crippen LogP contribution in [-0.2, 0) is 6.42 Å². The lowest BCUT2D eigenvalue weighted by Crippen LogP contribution is -2.39. The summed E-state index contributed by atoms with van der Waals surface area (Å²) < 4.78 is 6.04. The van der Waals surface area contributed by atoms with Gasteiger partial charge in [-0.25, -0.2) is 0 Å². The number of rotatable bonds is 6. The topological polar surface area (TPSA) is 29.5 Å². The molecule has 2 aromatic carbocycles. The number of halogens is 1. The van der Waals surface area contributed by atoms with Crippen LogP contribution in [0.15, 0.2) is 48.5 Å². The monoisotopic (exact) mass is 318 g/mol. The van der Waals surface area contributed by atoms with Gasteiger partial charge in [-0.2, -0.15) is 0 Å². The minimum absolute atomic E-state index is 0.0540. The third-order valence-corrected chi connectivity index (χ3v) is 3.99. The summed E-state index contributed by atoms with van der Waals surface area (Å²) >= 11 is 5.91. The fourth-order valence-corrected chi connectivity index (χ4v) is 2.49. The van der Waals surface area contributed by atoms with Crippen molar-refractivity contribution in [1.29, 1.82) is 0 Å². The Morgan fingerprint density at radius 2 is 1.64 bits per heavy atom. The third kappa shape index (κ3) is 4.49. The zero-order valence-electron chi connectivity index (χ0n) is 13.3. The number of benzene rings is 2. The van der Waals surface area contributed by atoms with Crippen LogP contribution >= 0.6 is 11.6 Å². The van der Waals surface area contributed by atoms with Gasteiger partial charge in [0.05, 0.1) is 6.61 Å². The summed E-state index contributed by atoms with van der Waals surface area (Å²) in [5.41, 5.74) is 1.70. The van der Waals surface area contributed by atoms with Crippen LogP contribution in [-0.4, -0.2) is 17.3 Å². The van der Waals surface area contributed by atoms with Gasteiger partial charge in [0, 0.05) is 11.4 Å². The van der Waals surface area contributed by atoms with Crippen molar-refractivity contribution in [2.75, 3.05) is 6.61 Å². The molecule has 1 atom stereocenters. The van der Waals surface area contributed by atoms with Gasteiger partial charge in [0.1, 0.15) is 11.4 Å². The van der Waals surface area contributed by atoms with Crippen LogP contribution in [0.1, 0.15) is 37.8 Å². The molecule has 0 heterocycles. The normalized spacial score (nSPS) is 13.9. The van der Waals surface area contributed by atoms with Crippen molar-refractivity contribution in [2.24, 2.45) is 0 Å². The van der Waals surface area contributed by atoms with Crippen molar-refractivity contribution in [2.45, 2.75) is 38.7 Å². The molecule has 3 heteroatoms. The Labute approximate surface area is 137 Å². The van der Waals surface area contributed by atoms with E-state index in [9.17, 15) is 5.11 Å². The summed E-state index contributed by atoms with van der Waals surface area (Å²) in [7, 11) is 0. The van der Waals surface area contributed by atoms with E-state index >= 15 is 0 Å². The molecule has 2 nitrogen and oxygen atoms in total. The molecular weight excluding hydrogens is 296 g/mol. The van der Waals surface area contributed by atoms with Gasteiger partial charge in [0.25, 0.3) is 0 Å². The van der Waals surface area contributed by atoms with E-state index < -0.39 is 5.60 Å². The van der Waals surface area contributed by atoms with Crippen LogP contribution in [0.2, 0.25) is 5.02 Å². The SMILES string of the molecule is CC(C)c1ccc(O[C@@](C)(CO)Cc2ccc(Cl)cc2)cc1. The summed E-state index contributed by atoms with van der Waals surface area (Å²) in [5, 5.41) is 10.5. The van der Waals surface area contributed by atoms with E-state index in [2.05, 4.69) is 26.0 Å². The highest BCUT2D eigenvalue weighted by Crippen LogP contribution is 2.25. The molecule has 2 rings (SSSR count). The molecule has 22 heavy (non-hydrogen) atoms. The highest BCUT2D eigenvalue weighted by molar-refractivity contribution is 6.30. The lowest BCUT2D eigenvalue weighted by Gasteiger charge is -2.29. The van der Waals surface area contributed by atoms with Gasteiger partial charge < -0.3 is 9.84 Å². The summed E-state index contributed by atoms with van der Waals surface area (Å²) in [6, 6.07) is 15.7. The van der Waals surface area contributed by atoms with E-state index in [1.807, 2.05) is 43.3 Å². The van der Waals surface area contributed by atoms with E-state index in [0.29, 0.717) is 17.4 Å². The Kier molecular flexibility index (Phi) is 5.49. The lowest BCUT2D eigenvalue weighted by atomic mass is 9.97. The first-order valence-electron chi connectivity index (χ1n) is 7.56. The molecule has 0 unspecified atom stereocenters. The number of ether oxygens (including phenoxy) is 1. The molecule has 1 N–H and O–H groups in total. The molecule has 0 spiro atoms. The van der Waals surface area contributed by atoms with Gasteiger partial charge >= 0.3 is 0 Å². The quantitative estimate of drug-likeness (QED) is 0.826. The average Bonchev–Trinajstić information content (AvgIpc) is 2.50. The van der Waals surface area contributed by atoms with Crippen molar-refractivity contribution in [3.63, 3.8) is 0 Å². The Bertz CT molecular complexity index is 590. The Balaban J connectivity index is 2.10. The fraction of sp³-hybridized carbons (Fsp3) is 0.368. The second kappa shape index (κ2) is 7.17. The third-order valence-electron chi connectivity index (χ3n) is 3.74. The van der Waals surface area contributed by atoms with Crippen molar-refractivity contribution in [3.05, 3.63) is 64.7 Å². The van der Waals surface area contributed by atoms with Crippen molar-refractivity contribution >= 4 is 11.6 Å². The van der Waals surface area contributed by atoms with Crippen LogP contribution in [0.5, 0.6) is 5.75 Å². The molecule has 0 bridgehead atoms. The largest absolute Gasteiger partial charge is 0.485 e. The first kappa shape index (κ1) is 16.9. The molecule has 2 aromatic rings. The predicted molar refractivity (Wildman–Crippen MR) is 91.8 cm³/mol. The molecule has 0 aromatic heterocycles. The van der Waals surface area contributed by atoms with E-state index in [4.69, 9.17) is 16.3 Å². The maximum absolute atomic E-state index is 9.75. The molecule has 0 saturated carbocycles. The van der Waals surface area contributed by atoms with Gasteiger partial charge in [-0.3, -0.25) is 0 Å². The molecule has 0 aliphatic rings. The van der Waals surface area contributed by atoms with Crippen LogP contribution in [0.25, 0.3) is 0 Å². The van der Waals surface area contributed by atoms with Gasteiger partial charge in [0.15, 0.2) is 0 Å². The summed E-state index contributed by atoms with van der Waals surface area (Å²) in [5.74, 6) is 1.27. The van der Waals surface area contributed by atoms with E-state index in [1.165, 1.54) is 5.56 Å². The van der Waals surface area contributed by atoms with Crippen LogP contribution < -0.4 is 4.74 Å². The van der Waals surface area contributed by atoms with Crippen molar-refractivity contribution in [1.82, 2.24) is 0 Å². The van der Waals surface area contributed by atoms with Gasteiger partial charge in [-0.15, -0.1) is 0 Å². The Morgan fingerprint density at radius 1 is 1.05 bits per heavy atom. The Morgan fingerprint density at radius 3 is 2.14 bits per heavy atom. The van der Waals surface area contributed by atoms with Crippen molar-refractivity contribution < 1.29 is 9.84 Å². The molecular formula is C19H23ClO2. The average molecular weight is 319 g/mol. The van der Waals surface area contributed by atoms with Crippen LogP contribution in [0.4, 0.5) is 0 Å². The number of hydrogen-bond acceptors (Lipinski definition) is 2. The van der Waals surface area contributed by atoms with E-state index in [1.54, 1.807) is 0 Å². The maximum Gasteiger partial charge on any atom is 0.133 e. The number of aliphatic hydroxyl groups is 1. The first-order chi connectivity index (χ1) is 10.4. The predicted octanol–water partition coefficient (Wildman–Crippen LogP) is 4.84. The van der Waals surface area contributed by atoms with Crippen LogP contribution in [0, 0.1) is 0 Å². The lowest BCUT2D eigenvalue weighted by molar-refractivity contribution is 0.0253. The second-order valence-corrected chi connectivity index (χ2v) is 6.67. The Hall–Kier alpha value is -1.51. The first-order valence-corrected chi connectivity index (χ1v) is 7.94. The smallest absolute Gasteiger partial charge is 0.133 e.